The molecular formula is C22H26N4O3. The van der Waals surface area contributed by atoms with Crippen molar-refractivity contribution >= 4 is 22.9 Å². The Bertz CT molecular complexity index is 911. The van der Waals surface area contributed by atoms with E-state index >= 15 is 0 Å². The average Bonchev–Trinajstić information content (AvgIpc) is 2.78. The minimum atomic E-state index is -0.350. The zero-order chi connectivity index (χ0) is 20.6. The van der Waals surface area contributed by atoms with Gasteiger partial charge in [-0.05, 0) is 54.0 Å². The lowest BCUT2D eigenvalue weighted by Crippen LogP contribution is -2.34. The molecule has 0 saturated carbocycles. The van der Waals surface area contributed by atoms with Gasteiger partial charge in [0.25, 0.3) is 5.91 Å². The number of amides is 1. The van der Waals surface area contributed by atoms with Crippen molar-refractivity contribution in [2.45, 2.75) is 6.42 Å². The molecule has 1 amide bonds. The third kappa shape index (κ3) is 5.07. The van der Waals surface area contributed by atoms with Crippen molar-refractivity contribution in [2.75, 3.05) is 45.7 Å². The minimum absolute atomic E-state index is 0.212. The van der Waals surface area contributed by atoms with Crippen molar-refractivity contribution in [3.8, 4) is 5.75 Å². The van der Waals surface area contributed by atoms with Crippen LogP contribution in [0.25, 0.3) is 5.57 Å². The lowest BCUT2D eigenvalue weighted by molar-refractivity contribution is 0.102. The van der Waals surface area contributed by atoms with Crippen molar-refractivity contribution in [1.29, 1.82) is 0 Å². The first-order chi connectivity index (χ1) is 14.2. The van der Waals surface area contributed by atoms with E-state index < -0.39 is 0 Å². The molecule has 0 radical (unpaired) electrons. The SMILES string of the molecule is CNCCN1CC=C(c2ccc(NC(=O)c3ccccc3OC)c(N=O)c2)CC1. The van der Waals surface area contributed by atoms with E-state index in [1.54, 1.807) is 36.4 Å². The van der Waals surface area contributed by atoms with E-state index in [2.05, 4.69) is 26.8 Å². The van der Waals surface area contributed by atoms with Gasteiger partial charge in [0.15, 0.2) is 0 Å². The lowest BCUT2D eigenvalue weighted by atomic mass is 9.98. The summed E-state index contributed by atoms with van der Waals surface area (Å²) in [5.41, 5.74) is 3.14. The Morgan fingerprint density at radius 3 is 2.76 bits per heavy atom. The molecule has 0 saturated heterocycles. The maximum Gasteiger partial charge on any atom is 0.259 e. The quantitative estimate of drug-likeness (QED) is 0.668. The normalized spacial score (nSPS) is 14.2. The number of hydrogen-bond donors (Lipinski definition) is 2. The van der Waals surface area contributed by atoms with Crippen LogP contribution in [0.2, 0.25) is 0 Å². The second kappa shape index (κ2) is 9.95. The van der Waals surface area contributed by atoms with E-state index in [0.717, 1.165) is 38.2 Å². The van der Waals surface area contributed by atoms with E-state index in [1.807, 2.05) is 13.1 Å². The first-order valence-electron chi connectivity index (χ1n) is 9.64. The van der Waals surface area contributed by atoms with Crippen LogP contribution in [0.3, 0.4) is 0 Å². The maximum atomic E-state index is 12.6. The zero-order valence-electron chi connectivity index (χ0n) is 16.8. The summed E-state index contributed by atoms with van der Waals surface area (Å²) in [6.45, 7) is 3.83. The maximum absolute atomic E-state index is 12.6. The van der Waals surface area contributed by atoms with Gasteiger partial charge < -0.3 is 15.4 Å². The number of methoxy groups -OCH3 is 1. The second-order valence-corrected chi connectivity index (χ2v) is 6.86. The molecule has 7 nitrogen and oxygen atoms in total. The highest BCUT2D eigenvalue weighted by molar-refractivity contribution is 6.07. The van der Waals surface area contributed by atoms with Crippen molar-refractivity contribution in [3.63, 3.8) is 0 Å². The Morgan fingerprint density at radius 2 is 2.07 bits per heavy atom. The molecule has 7 heteroatoms. The van der Waals surface area contributed by atoms with E-state index in [9.17, 15) is 9.70 Å². The summed E-state index contributed by atoms with van der Waals surface area (Å²) in [5.74, 6) is 0.120. The molecule has 2 aromatic rings. The predicted molar refractivity (Wildman–Crippen MR) is 116 cm³/mol. The fourth-order valence-electron chi connectivity index (χ4n) is 3.38. The average molecular weight is 394 g/mol. The minimum Gasteiger partial charge on any atom is -0.496 e. The Kier molecular flexibility index (Phi) is 7.10. The van der Waals surface area contributed by atoms with Crippen LogP contribution in [0.15, 0.2) is 53.7 Å². The molecule has 1 aliphatic heterocycles. The molecule has 1 heterocycles. The Balaban J connectivity index is 1.75. The van der Waals surface area contributed by atoms with E-state index in [-0.39, 0.29) is 11.6 Å². The van der Waals surface area contributed by atoms with Crippen LogP contribution in [0.1, 0.15) is 22.3 Å². The molecule has 0 aliphatic carbocycles. The molecule has 1 aliphatic rings. The van der Waals surface area contributed by atoms with Crippen LogP contribution in [-0.2, 0) is 0 Å². The number of carbonyl (C=O) groups excluding carboxylic acids is 1. The van der Waals surface area contributed by atoms with Crippen molar-refractivity contribution in [2.24, 2.45) is 5.18 Å². The number of likely N-dealkylation sites (N-methyl/N-ethyl adjacent to an activating group) is 1. The largest absolute Gasteiger partial charge is 0.496 e. The van der Waals surface area contributed by atoms with Gasteiger partial charge in [-0.3, -0.25) is 9.69 Å². The van der Waals surface area contributed by atoms with E-state index in [4.69, 9.17) is 4.74 Å². The van der Waals surface area contributed by atoms with Gasteiger partial charge in [-0.15, -0.1) is 4.91 Å². The first-order valence-corrected chi connectivity index (χ1v) is 9.64. The van der Waals surface area contributed by atoms with Gasteiger partial charge in [0, 0.05) is 26.2 Å². The van der Waals surface area contributed by atoms with Crippen LogP contribution in [0, 0.1) is 4.91 Å². The summed E-state index contributed by atoms with van der Waals surface area (Å²) < 4.78 is 5.23. The number of ether oxygens (including phenoxy) is 1. The van der Waals surface area contributed by atoms with Crippen molar-refractivity contribution in [1.82, 2.24) is 10.2 Å². The number of nitrogens with one attached hydrogen (secondary N) is 2. The lowest BCUT2D eigenvalue weighted by Gasteiger charge is -2.26. The molecule has 29 heavy (non-hydrogen) atoms. The Labute approximate surface area is 170 Å². The fraction of sp³-hybridized carbons (Fsp3) is 0.318. The zero-order valence-corrected chi connectivity index (χ0v) is 16.8. The van der Waals surface area contributed by atoms with Crippen LogP contribution in [0.4, 0.5) is 11.4 Å². The number of nitrogens with zero attached hydrogens (tertiary/aromatic N) is 2. The van der Waals surface area contributed by atoms with Gasteiger partial charge in [-0.2, -0.15) is 0 Å². The van der Waals surface area contributed by atoms with Crippen molar-refractivity contribution < 1.29 is 9.53 Å². The highest BCUT2D eigenvalue weighted by Crippen LogP contribution is 2.32. The standard InChI is InChI=1S/C22H26N4O3/c1-23-11-14-26-12-9-16(10-13-26)17-7-8-19(20(15-17)25-28)24-22(27)18-5-3-4-6-21(18)29-2/h3-9,15,23H,10-14H2,1-2H3,(H,24,27). The van der Waals surface area contributed by atoms with Crippen LogP contribution in [-0.4, -0.2) is 51.1 Å². The molecule has 0 unspecified atom stereocenters. The number of hydrogen-bond acceptors (Lipinski definition) is 6. The van der Waals surface area contributed by atoms with Gasteiger partial charge in [-0.25, -0.2) is 0 Å². The number of benzene rings is 2. The van der Waals surface area contributed by atoms with E-state index in [1.165, 1.54) is 12.7 Å². The predicted octanol–water partition coefficient (Wildman–Crippen LogP) is 3.65. The molecule has 0 atom stereocenters. The third-order valence-corrected chi connectivity index (χ3v) is 5.04. The van der Waals surface area contributed by atoms with Crippen LogP contribution >= 0.6 is 0 Å². The summed E-state index contributed by atoms with van der Waals surface area (Å²) in [4.78, 5) is 26.4. The summed E-state index contributed by atoms with van der Waals surface area (Å²) >= 11 is 0. The monoisotopic (exact) mass is 394 g/mol. The molecule has 0 bridgehead atoms. The highest BCUT2D eigenvalue weighted by Gasteiger charge is 2.17. The smallest absolute Gasteiger partial charge is 0.259 e. The van der Waals surface area contributed by atoms with Gasteiger partial charge >= 0.3 is 0 Å². The molecule has 2 aromatic carbocycles. The number of nitroso groups, excluding NO2 is 1. The Hall–Kier alpha value is -3.03. The molecule has 152 valence electrons. The molecule has 2 N–H and O–H groups in total. The molecule has 3 rings (SSSR count). The van der Waals surface area contributed by atoms with Crippen LogP contribution in [0.5, 0.6) is 5.75 Å². The fourth-order valence-corrected chi connectivity index (χ4v) is 3.38. The summed E-state index contributed by atoms with van der Waals surface area (Å²) in [5, 5.41) is 9.06. The molecular weight excluding hydrogens is 368 g/mol. The summed E-state index contributed by atoms with van der Waals surface area (Å²) in [6.07, 6.45) is 3.10. The number of carbonyl (C=O) groups is 1. The van der Waals surface area contributed by atoms with Gasteiger partial charge in [0.1, 0.15) is 11.4 Å². The summed E-state index contributed by atoms with van der Waals surface area (Å²) in [6, 6.07) is 12.3. The first kappa shape index (κ1) is 20.7. The third-order valence-electron chi connectivity index (χ3n) is 5.04. The van der Waals surface area contributed by atoms with E-state index in [0.29, 0.717) is 17.0 Å². The van der Waals surface area contributed by atoms with Gasteiger partial charge in [0.05, 0.1) is 18.4 Å². The number of anilines is 1. The highest BCUT2D eigenvalue weighted by atomic mass is 16.5. The van der Waals surface area contributed by atoms with Gasteiger partial charge in [0.2, 0.25) is 0 Å². The second-order valence-electron chi connectivity index (χ2n) is 6.86. The summed E-state index contributed by atoms with van der Waals surface area (Å²) in [7, 11) is 3.46. The number of para-hydroxylation sites is 1. The number of rotatable bonds is 8. The van der Waals surface area contributed by atoms with Crippen LogP contribution < -0.4 is 15.4 Å². The molecule has 0 aromatic heterocycles. The topological polar surface area (TPSA) is 83.0 Å². The van der Waals surface area contributed by atoms with Crippen molar-refractivity contribution in [3.05, 3.63) is 64.6 Å². The molecule has 0 spiro atoms. The van der Waals surface area contributed by atoms with Gasteiger partial charge in [-0.1, -0.05) is 24.3 Å². The Morgan fingerprint density at radius 1 is 1.24 bits per heavy atom. The molecule has 0 fully saturated rings.